The van der Waals surface area contributed by atoms with Crippen molar-refractivity contribution in [2.75, 3.05) is 13.6 Å². The normalized spacial score (nSPS) is 11.8. The number of aromatic nitrogens is 1. The standard InChI is InChI=1S/C19H27FN4O/c1-4-15(5-2)18-12-17(25-24-18)13-23-19(21-3)22-10-9-14-7-6-8-16(20)11-14/h6-8,11-12,15H,4-5,9-10,13H2,1-3H3,(H2,21,22,23). The van der Waals surface area contributed by atoms with Crippen LogP contribution in [-0.4, -0.2) is 24.7 Å². The Kier molecular flexibility index (Phi) is 7.44. The van der Waals surface area contributed by atoms with Gasteiger partial charge in [-0.05, 0) is 37.0 Å². The molecule has 1 heterocycles. The third-order valence-electron chi connectivity index (χ3n) is 4.23. The highest BCUT2D eigenvalue weighted by Crippen LogP contribution is 2.22. The van der Waals surface area contributed by atoms with Crippen LogP contribution in [0.1, 0.15) is 49.6 Å². The maximum atomic E-state index is 13.2. The van der Waals surface area contributed by atoms with Gasteiger partial charge in [-0.2, -0.15) is 0 Å². The lowest BCUT2D eigenvalue weighted by Crippen LogP contribution is -2.37. The maximum Gasteiger partial charge on any atom is 0.191 e. The van der Waals surface area contributed by atoms with Gasteiger partial charge in [0.15, 0.2) is 11.7 Å². The summed E-state index contributed by atoms with van der Waals surface area (Å²) >= 11 is 0. The minimum Gasteiger partial charge on any atom is -0.359 e. The highest BCUT2D eigenvalue weighted by Gasteiger charge is 2.13. The molecule has 0 unspecified atom stereocenters. The van der Waals surface area contributed by atoms with Gasteiger partial charge in [-0.3, -0.25) is 4.99 Å². The fourth-order valence-corrected chi connectivity index (χ4v) is 2.72. The molecule has 0 fully saturated rings. The van der Waals surface area contributed by atoms with Gasteiger partial charge in [0.25, 0.3) is 0 Å². The first-order chi connectivity index (χ1) is 12.2. The van der Waals surface area contributed by atoms with Crippen molar-refractivity contribution in [3.05, 3.63) is 53.2 Å². The van der Waals surface area contributed by atoms with Gasteiger partial charge in [-0.1, -0.05) is 31.1 Å². The molecule has 0 aliphatic heterocycles. The molecule has 5 nitrogen and oxygen atoms in total. The summed E-state index contributed by atoms with van der Waals surface area (Å²) in [7, 11) is 1.72. The SMILES string of the molecule is CCC(CC)c1cc(CNC(=NC)NCCc2cccc(F)c2)on1. The minimum absolute atomic E-state index is 0.210. The summed E-state index contributed by atoms with van der Waals surface area (Å²) in [4.78, 5) is 4.18. The van der Waals surface area contributed by atoms with Gasteiger partial charge in [-0.25, -0.2) is 4.39 Å². The molecule has 2 N–H and O–H groups in total. The molecule has 0 bridgehead atoms. The summed E-state index contributed by atoms with van der Waals surface area (Å²) in [6.07, 6.45) is 2.83. The minimum atomic E-state index is -0.210. The molecule has 0 atom stereocenters. The van der Waals surface area contributed by atoms with Gasteiger partial charge in [0.2, 0.25) is 0 Å². The molecule has 0 saturated carbocycles. The predicted molar refractivity (Wildman–Crippen MR) is 98.1 cm³/mol. The zero-order valence-electron chi connectivity index (χ0n) is 15.2. The van der Waals surface area contributed by atoms with Crippen LogP contribution in [0.3, 0.4) is 0 Å². The third kappa shape index (κ3) is 5.89. The second-order valence-corrected chi connectivity index (χ2v) is 5.96. The van der Waals surface area contributed by atoms with Crippen molar-refractivity contribution in [2.45, 2.75) is 45.6 Å². The first-order valence-corrected chi connectivity index (χ1v) is 8.80. The lowest BCUT2D eigenvalue weighted by atomic mass is 9.99. The van der Waals surface area contributed by atoms with Gasteiger partial charge in [0.1, 0.15) is 5.82 Å². The van der Waals surface area contributed by atoms with Crippen LogP contribution in [0.2, 0.25) is 0 Å². The Labute approximate surface area is 148 Å². The van der Waals surface area contributed by atoms with Gasteiger partial charge in [-0.15, -0.1) is 0 Å². The first kappa shape index (κ1) is 19.0. The van der Waals surface area contributed by atoms with E-state index in [2.05, 4.69) is 34.6 Å². The summed E-state index contributed by atoms with van der Waals surface area (Å²) in [5.74, 6) is 1.70. The smallest absolute Gasteiger partial charge is 0.191 e. The van der Waals surface area contributed by atoms with Crippen LogP contribution in [0.5, 0.6) is 0 Å². The summed E-state index contributed by atoms with van der Waals surface area (Å²) < 4.78 is 18.6. The van der Waals surface area contributed by atoms with Crippen molar-refractivity contribution in [1.82, 2.24) is 15.8 Å². The average Bonchev–Trinajstić information content (AvgIpc) is 3.08. The molecule has 25 heavy (non-hydrogen) atoms. The third-order valence-corrected chi connectivity index (χ3v) is 4.23. The number of hydrogen-bond acceptors (Lipinski definition) is 3. The summed E-state index contributed by atoms with van der Waals surface area (Å²) in [6.45, 7) is 5.50. The number of benzene rings is 1. The van der Waals surface area contributed by atoms with E-state index >= 15 is 0 Å². The van der Waals surface area contributed by atoms with Gasteiger partial charge >= 0.3 is 0 Å². The largest absolute Gasteiger partial charge is 0.359 e. The molecule has 1 aromatic carbocycles. The van der Waals surface area contributed by atoms with E-state index in [4.69, 9.17) is 4.52 Å². The highest BCUT2D eigenvalue weighted by atomic mass is 19.1. The van der Waals surface area contributed by atoms with Crippen LogP contribution in [0, 0.1) is 5.82 Å². The quantitative estimate of drug-likeness (QED) is 0.566. The van der Waals surface area contributed by atoms with Crippen molar-refractivity contribution in [1.29, 1.82) is 0 Å². The summed E-state index contributed by atoms with van der Waals surface area (Å²) in [5, 5.41) is 10.6. The van der Waals surface area contributed by atoms with Crippen LogP contribution in [0.25, 0.3) is 0 Å². The number of nitrogens with one attached hydrogen (secondary N) is 2. The number of nitrogens with zero attached hydrogens (tertiary/aromatic N) is 2. The molecule has 0 amide bonds. The maximum absolute atomic E-state index is 13.2. The van der Waals surface area contributed by atoms with E-state index in [1.807, 2.05) is 12.1 Å². The van der Waals surface area contributed by atoms with E-state index < -0.39 is 0 Å². The number of guanidine groups is 1. The zero-order valence-corrected chi connectivity index (χ0v) is 15.2. The second-order valence-electron chi connectivity index (χ2n) is 5.96. The monoisotopic (exact) mass is 346 g/mol. The Balaban J connectivity index is 1.78. The molecular weight excluding hydrogens is 319 g/mol. The number of hydrogen-bond donors (Lipinski definition) is 2. The number of rotatable bonds is 8. The van der Waals surface area contributed by atoms with Crippen LogP contribution in [0.4, 0.5) is 4.39 Å². The fraction of sp³-hybridized carbons (Fsp3) is 0.474. The molecule has 2 aromatic rings. The second kappa shape index (κ2) is 9.81. The number of aliphatic imine (C=N–C) groups is 1. The molecule has 2 rings (SSSR count). The van der Waals surface area contributed by atoms with Crippen molar-refractivity contribution in [3.63, 3.8) is 0 Å². The van der Waals surface area contributed by atoms with E-state index in [1.54, 1.807) is 19.2 Å². The molecule has 136 valence electrons. The van der Waals surface area contributed by atoms with E-state index in [-0.39, 0.29) is 5.82 Å². The topological polar surface area (TPSA) is 62.5 Å². The van der Waals surface area contributed by atoms with E-state index in [0.717, 1.165) is 36.3 Å². The molecule has 1 aromatic heterocycles. The average molecular weight is 346 g/mol. The van der Waals surface area contributed by atoms with Crippen molar-refractivity contribution < 1.29 is 8.91 Å². The van der Waals surface area contributed by atoms with E-state index in [1.165, 1.54) is 6.07 Å². The predicted octanol–water partition coefficient (Wildman–Crippen LogP) is 3.63. The molecular formula is C19H27FN4O. The van der Waals surface area contributed by atoms with Crippen LogP contribution >= 0.6 is 0 Å². The van der Waals surface area contributed by atoms with E-state index in [0.29, 0.717) is 25.0 Å². The fourth-order valence-electron chi connectivity index (χ4n) is 2.72. The molecule has 0 aliphatic carbocycles. The highest BCUT2D eigenvalue weighted by molar-refractivity contribution is 5.79. The Bertz CT molecular complexity index is 680. The van der Waals surface area contributed by atoms with E-state index in [9.17, 15) is 4.39 Å². The van der Waals surface area contributed by atoms with Gasteiger partial charge in [0.05, 0.1) is 12.2 Å². The molecule has 6 heteroatoms. The lowest BCUT2D eigenvalue weighted by molar-refractivity contribution is 0.368. The molecule has 0 aliphatic rings. The Morgan fingerprint density at radius 3 is 2.72 bits per heavy atom. The first-order valence-electron chi connectivity index (χ1n) is 8.80. The molecule has 0 spiro atoms. The van der Waals surface area contributed by atoms with Gasteiger partial charge in [0, 0.05) is 25.6 Å². The summed E-state index contributed by atoms with van der Waals surface area (Å²) in [6, 6.07) is 8.63. The summed E-state index contributed by atoms with van der Waals surface area (Å²) in [5.41, 5.74) is 1.96. The zero-order chi connectivity index (χ0) is 18.1. The lowest BCUT2D eigenvalue weighted by Gasteiger charge is -2.10. The van der Waals surface area contributed by atoms with Crippen LogP contribution in [-0.2, 0) is 13.0 Å². The molecule has 0 radical (unpaired) electrons. The van der Waals surface area contributed by atoms with Crippen molar-refractivity contribution in [3.8, 4) is 0 Å². The van der Waals surface area contributed by atoms with Crippen LogP contribution in [0.15, 0.2) is 39.8 Å². The Hall–Kier alpha value is -2.37. The molecule has 0 saturated heterocycles. The van der Waals surface area contributed by atoms with Crippen molar-refractivity contribution >= 4 is 5.96 Å². The van der Waals surface area contributed by atoms with Gasteiger partial charge < -0.3 is 15.2 Å². The Morgan fingerprint density at radius 1 is 1.24 bits per heavy atom. The van der Waals surface area contributed by atoms with Crippen molar-refractivity contribution in [2.24, 2.45) is 4.99 Å². The number of halogens is 1. The van der Waals surface area contributed by atoms with Crippen LogP contribution < -0.4 is 10.6 Å². The Morgan fingerprint density at radius 2 is 2.04 bits per heavy atom.